The van der Waals surface area contributed by atoms with Crippen molar-refractivity contribution in [1.82, 2.24) is 4.90 Å². The summed E-state index contributed by atoms with van der Waals surface area (Å²) in [5.74, 6) is 0.545. The molecular formula is C16H16FNO2. The minimum Gasteiger partial charge on any atom is -0.467 e. The van der Waals surface area contributed by atoms with E-state index >= 15 is 0 Å². The van der Waals surface area contributed by atoms with Gasteiger partial charge in [-0.1, -0.05) is 12.1 Å². The number of likely N-dealkylation sites (tertiary alicyclic amines) is 1. The Bertz CT molecular complexity index is 594. The van der Waals surface area contributed by atoms with Crippen LogP contribution in [0, 0.1) is 5.82 Å². The minimum absolute atomic E-state index is 0.0195. The zero-order valence-electron chi connectivity index (χ0n) is 11.1. The molecule has 1 fully saturated rings. The van der Waals surface area contributed by atoms with E-state index in [9.17, 15) is 9.18 Å². The summed E-state index contributed by atoms with van der Waals surface area (Å²) in [7, 11) is 0. The fraction of sp³-hybridized carbons (Fsp3) is 0.312. The maximum absolute atomic E-state index is 13.2. The van der Waals surface area contributed by atoms with Gasteiger partial charge in [0.1, 0.15) is 11.6 Å². The molecule has 1 aliphatic heterocycles. The highest BCUT2D eigenvalue weighted by molar-refractivity contribution is 5.79. The van der Waals surface area contributed by atoms with E-state index in [1.54, 1.807) is 18.4 Å². The first-order valence-electron chi connectivity index (χ1n) is 6.81. The SMILES string of the molecule is O=C(Cc1cccc(F)c1)N1CCC[C@@H]1c1ccco1. The number of halogens is 1. The van der Waals surface area contributed by atoms with Gasteiger partial charge in [0.05, 0.1) is 18.7 Å². The van der Waals surface area contributed by atoms with E-state index in [2.05, 4.69) is 0 Å². The molecule has 1 aromatic carbocycles. The minimum atomic E-state index is -0.306. The van der Waals surface area contributed by atoms with E-state index in [0.29, 0.717) is 5.56 Å². The summed E-state index contributed by atoms with van der Waals surface area (Å²) in [6, 6.07) is 9.96. The number of hydrogen-bond donors (Lipinski definition) is 0. The van der Waals surface area contributed by atoms with Gasteiger partial charge in [-0.3, -0.25) is 4.79 Å². The van der Waals surface area contributed by atoms with E-state index in [1.807, 2.05) is 17.0 Å². The largest absolute Gasteiger partial charge is 0.467 e. The van der Waals surface area contributed by atoms with Crippen molar-refractivity contribution in [2.75, 3.05) is 6.54 Å². The van der Waals surface area contributed by atoms with Crippen LogP contribution < -0.4 is 0 Å². The maximum Gasteiger partial charge on any atom is 0.227 e. The number of furan rings is 1. The first-order valence-corrected chi connectivity index (χ1v) is 6.81. The number of carbonyl (C=O) groups is 1. The van der Waals surface area contributed by atoms with Crippen molar-refractivity contribution in [3.8, 4) is 0 Å². The summed E-state index contributed by atoms with van der Waals surface area (Å²) < 4.78 is 18.6. The zero-order valence-corrected chi connectivity index (χ0v) is 11.1. The lowest BCUT2D eigenvalue weighted by Crippen LogP contribution is -2.31. The Balaban J connectivity index is 1.73. The topological polar surface area (TPSA) is 33.5 Å². The second kappa shape index (κ2) is 5.49. The van der Waals surface area contributed by atoms with Crippen LogP contribution in [0.3, 0.4) is 0 Å². The third kappa shape index (κ3) is 2.59. The van der Waals surface area contributed by atoms with Crippen LogP contribution in [0.25, 0.3) is 0 Å². The second-order valence-corrected chi connectivity index (χ2v) is 5.07. The van der Waals surface area contributed by atoms with E-state index in [4.69, 9.17) is 4.42 Å². The molecule has 0 spiro atoms. The fourth-order valence-corrected chi connectivity index (χ4v) is 2.76. The van der Waals surface area contributed by atoms with Gasteiger partial charge < -0.3 is 9.32 Å². The Labute approximate surface area is 117 Å². The number of hydrogen-bond acceptors (Lipinski definition) is 2. The third-order valence-corrected chi connectivity index (χ3v) is 3.69. The van der Waals surface area contributed by atoms with Gasteiger partial charge in [0.25, 0.3) is 0 Å². The molecular weight excluding hydrogens is 257 g/mol. The molecule has 1 aromatic heterocycles. The Kier molecular flexibility index (Phi) is 3.54. The van der Waals surface area contributed by atoms with Gasteiger partial charge in [0.15, 0.2) is 0 Å². The summed E-state index contributed by atoms with van der Waals surface area (Å²) in [5.41, 5.74) is 0.708. The number of nitrogens with zero attached hydrogens (tertiary/aromatic N) is 1. The Hall–Kier alpha value is -2.10. The van der Waals surface area contributed by atoms with Gasteiger partial charge in [-0.25, -0.2) is 4.39 Å². The van der Waals surface area contributed by atoms with Crippen molar-refractivity contribution in [3.05, 3.63) is 59.8 Å². The van der Waals surface area contributed by atoms with Crippen LogP contribution in [0.4, 0.5) is 4.39 Å². The monoisotopic (exact) mass is 273 g/mol. The van der Waals surface area contributed by atoms with Crippen molar-refractivity contribution < 1.29 is 13.6 Å². The Morgan fingerprint density at radius 2 is 2.25 bits per heavy atom. The standard InChI is InChI=1S/C16H16FNO2/c17-13-5-1-4-12(10-13)11-16(19)18-8-2-6-14(18)15-7-3-9-20-15/h1,3-5,7,9-10,14H,2,6,8,11H2/t14-/m1/s1. The normalized spacial score (nSPS) is 18.4. The number of rotatable bonds is 3. The highest BCUT2D eigenvalue weighted by atomic mass is 19.1. The Morgan fingerprint density at radius 3 is 3.00 bits per heavy atom. The van der Waals surface area contributed by atoms with Gasteiger partial charge in [0, 0.05) is 6.54 Å². The molecule has 0 bridgehead atoms. The summed E-state index contributed by atoms with van der Waals surface area (Å²) in [6.45, 7) is 0.736. The summed E-state index contributed by atoms with van der Waals surface area (Å²) in [6.07, 6.45) is 3.75. The molecule has 1 saturated heterocycles. The van der Waals surface area contributed by atoms with E-state index in [0.717, 1.165) is 25.1 Å². The molecule has 1 aliphatic rings. The van der Waals surface area contributed by atoms with Gasteiger partial charge in [-0.15, -0.1) is 0 Å². The van der Waals surface area contributed by atoms with Crippen molar-refractivity contribution in [3.63, 3.8) is 0 Å². The first kappa shape index (κ1) is 12.9. The predicted molar refractivity (Wildman–Crippen MR) is 72.5 cm³/mol. The molecule has 0 radical (unpaired) electrons. The van der Waals surface area contributed by atoms with Crippen molar-refractivity contribution >= 4 is 5.91 Å². The van der Waals surface area contributed by atoms with Crippen LogP contribution in [0.1, 0.15) is 30.2 Å². The molecule has 3 rings (SSSR count). The van der Waals surface area contributed by atoms with E-state index in [1.165, 1.54) is 12.1 Å². The highest BCUT2D eigenvalue weighted by Crippen LogP contribution is 2.32. The lowest BCUT2D eigenvalue weighted by atomic mass is 10.1. The average Bonchev–Trinajstić information content (AvgIpc) is 3.09. The molecule has 104 valence electrons. The van der Waals surface area contributed by atoms with Crippen LogP contribution in [0.15, 0.2) is 47.1 Å². The van der Waals surface area contributed by atoms with Gasteiger partial charge >= 0.3 is 0 Å². The number of benzene rings is 1. The van der Waals surface area contributed by atoms with Crippen molar-refractivity contribution in [1.29, 1.82) is 0 Å². The first-order chi connectivity index (χ1) is 9.74. The molecule has 0 aliphatic carbocycles. The summed E-state index contributed by atoms with van der Waals surface area (Å²) in [4.78, 5) is 14.2. The molecule has 0 unspecified atom stereocenters. The van der Waals surface area contributed by atoms with Crippen LogP contribution in [-0.2, 0) is 11.2 Å². The average molecular weight is 273 g/mol. The van der Waals surface area contributed by atoms with Crippen LogP contribution in [0.2, 0.25) is 0 Å². The lowest BCUT2D eigenvalue weighted by Gasteiger charge is -2.23. The third-order valence-electron chi connectivity index (χ3n) is 3.69. The van der Waals surface area contributed by atoms with E-state index < -0.39 is 0 Å². The number of carbonyl (C=O) groups excluding carboxylic acids is 1. The maximum atomic E-state index is 13.2. The van der Waals surface area contributed by atoms with Crippen LogP contribution in [-0.4, -0.2) is 17.4 Å². The molecule has 0 saturated carbocycles. The van der Waals surface area contributed by atoms with Crippen molar-refractivity contribution in [2.45, 2.75) is 25.3 Å². The molecule has 1 atom stereocenters. The quantitative estimate of drug-likeness (QED) is 0.859. The van der Waals surface area contributed by atoms with E-state index in [-0.39, 0.29) is 24.2 Å². The zero-order chi connectivity index (χ0) is 13.9. The predicted octanol–water partition coefficient (Wildman–Crippen LogP) is 3.32. The van der Waals surface area contributed by atoms with Gasteiger partial charge in [0.2, 0.25) is 5.91 Å². The summed E-state index contributed by atoms with van der Waals surface area (Å²) in [5, 5.41) is 0. The molecule has 2 heterocycles. The van der Waals surface area contributed by atoms with Gasteiger partial charge in [-0.05, 0) is 42.7 Å². The molecule has 4 heteroatoms. The molecule has 1 amide bonds. The number of amides is 1. The van der Waals surface area contributed by atoms with Crippen LogP contribution in [0.5, 0.6) is 0 Å². The summed E-state index contributed by atoms with van der Waals surface area (Å²) >= 11 is 0. The fourth-order valence-electron chi connectivity index (χ4n) is 2.76. The molecule has 2 aromatic rings. The smallest absolute Gasteiger partial charge is 0.227 e. The Morgan fingerprint density at radius 1 is 1.35 bits per heavy atom. The molecule has 3 nitrogen and oxygen atoms in total. The van der Waals surface area contributed by atoms with Gasteiger partial charge in [-0.2, -0.15) is 0 Å². The lowest BCUT2D eigenvalue weighted by molar-refractivity contribution is -0.131. The van der Waals surface area contributed by atoms with Crippen LogP contribution >= 0.6 is 0 Å². The van der Waals surface area contributed by atoms with Crippen molar-refractivity contribution in [2.24, 2.45) is 0 Å². The second-order valence-electron chi connectivity index (χ2n) is 5.07. The molecule has 0 N–H and O–H groups in total. The molecule has 20 heavy (non-hydrogen) atoms. The highest BCUT2D eigenvalue weighted by Gasteiger charge is 2.31.